The van der Waals surface area contributed by atoms with Crippen LogP contribution in [0.25, 0.3) is 0 Å². The number of amides is 1. The Labute approximate surface area is 156 Å². The maximum atomic E-state index is 12.3. The molecule has 0 aliphatic heterocycles. The molecule has 0 aromatic heterocycles. The lowest BCUT2D eigenvalue weighted by molar-refractivity contribution is -0.194. The molecule has 2 N–H and O–H groups in total. The van der Waals surface area contributed by atoms with E-state index in [4.69, 9.17) is 32.7 Å². The van der Waals surface area contributed by atoms with E-state index in [2.05, 4.69) is 5.32 Å². The number of carbonyl (C=O) groups is 2. The Bertz CT molecular complexity index is 679. The quantitative estimate of drug-likeness (QED) is 0.747. The van der Waals surface area contributed by atoms with E-state index >= 15 is 0 Å². The van der Waals surface area contributed by atoms with Gasteiger partial charge < -0.3 is 19.9 Å². The highest BCUT2D eigenvalue weighted by atomic mass is 35.5. The molecule has 2 rings (SSSR count). The van der Waals surface area contributed by atoms with E-state index in [1.54, 1.807) is 26.0 Å². The molecule has 1 aromatic rings. The van der Waals surface area contributed by atoms with Crippen molar-refractivity contribution in [2.75, 3.05) is 13.2 Å². The first-order valence-electron chi connectivity index (χ1n) is 7.88. The van der Waals surface area contributed by atoms with E-state index in [9.17, 15) is 14.7 Å². The van der Waals surface area contributed by atoms with Gasteiger partial charge in [0.2, 0.25) is 0 Å². The normalized spacial score (nSPS) is 24.3. The van der Waals surface area contributed by atoms with Crippen LogP contribution in [0.5, 0.6) is 5.75 Å². The van der Waals surface area contributed by atoms with E-state index in [0.29, 0.717) is 16.7 Å². The van der Waals surface area contributed by atoms with Crippen LogP contribution >= 0.6 is 23.2 Å². The largest absolute Gasteiger partial charge is 0.482 e. The van der Waals surface area contributed by atoms with Crippen molar-refractivity contribution < 1.29 is 24.2 Å². The molecule has 0 spiro atoms. The molecule has 138 valence electrons. The van der Waals surface area contributed by atoms with Crippen molar-refractivity contribution in [2.24, 2.45) is 5.41 Å². The molecule has 0 saturated heterocycles. The van der Waals surface area contributed by atoms with Gasteiger partial charge in [-0.3, -0.25) is 4.79 Å². The Morgan fingerprint density at radius 3 is 2.60 bits per heavy atom. The Morgan fingerprint density at radius 2 is 2.04 bits per heavy atom. The molecule has 1 aromatic carbocycles. The summed E-state index contributed by atoms with van der Waals surface area (Å²) in [5.41, 5.74) is -2.15. The van der Waals surface area contributed by atoms with Gasteiger partial charge >= 0.3 is 5.97 Å². The molecular formula is C17H21Cl2NO5. The lowest BCUT2D eigenvalue weighted by atomic mass is 9.54. The predicted molar refractivity (Wildman–Crippen MR) is 94.3 cm³/mol. The van der Waals surface area contributed by atoms with Gasteiger partial charge in [-0.1, -0.05) is 37.0 Å². The number of ether oxygens (including phenoxy) is 2. The van der Waals surface area contributed by atoms with E-state index in [0.717, 1.165) is 0 Å². The van der Waals surface area contributed by atoms with Crippen LogP contribution in [-0.2, 0) is 14.3 Å². The summed E-state index contributed by atoms with van der Waals surface area (Å²) in [4.78, 5) is 24.1. The third kappa shape index (κ3) is 3.71. The topological polar surface area (TPSA) is 84.9 Å². The van der Waals surface area contributed by atoms with E-state index in [1.165, 1.54) is 6.07 Å². The highest BCUT2D eigenvalue weighted by Crippen LogP contribution is 2.51. The van der Waals surface area contributed by atoms with E-state index in [-0.39, 0.29) is 24.9 Å². The second-order valence-corrected chi connectivity index (χ2v) is 7.34. The fourth-order valence-corrected chi connectivity index (χ4v) is 3.38. The molecule has 1 aliphatic rings. The number of aliphatic carboxylic acids is 1. The minimum absolute atomic E-state index is 0.201. The molecule has 1 amide bonds. The number of hydrogen-bond acceptors (Lipinski definition) is 4. The Kier molecular flexibility index (Phi) is 5.86. The van der Waals surface area contributed by atoms with Gasteiger partial charge in [0.1, 0.15) is 11.3 Å². The van der Waals surface area contributed by atoms with Crippen LogP contribution in [0.3, 0.4) is 0 Å². The zero-order chi connectivity index (χ0) is 18.8. The van der Waals surface area contributed by atoms with Crippen molar-refractivity contribution >= 4 is 35.1 Å². The van der Waals surface area contributed by atoms with Crippen LogP contribution in [0.15, 0.2) is 18.2 Å². The third-order valence-corrected chi connectivity index (χ3v) is 5.28. The maximum absolute atomic E-state index is 12.3. The molecule has 1 aliphatic carbocycles. The van der Waals surface area contributed by atoms with Crippen LogP contribution in [-0.4, -0.2) is 41.8 Å². The first-order valence-corrected chi connectivity index (χ1v) is 8.63. The number of carboxylic acid groups (broad SMARTS) is 1. The van der Waals surface area contributed by atoms with Gasteiger partial charge in [0.05, 0.1) is 11.1 Å². The molecule has 0 heterocycles. The van der Waals surface area contributed by atoms with Crippen molar-refractivity contribution in [1.82, 2.24) is 5.32 Å². The number of rotatable bonds is 7. The SMILES string of the molecule is CCOC1CC(NC(=O)COc2cc(Cl)ccc2Cl)(C(=O)O)C1(C)C. The summed E-state index contributed by atoms with van der Waals surface area (Å²) in [6.07, 6.45) is -0.0375. The minimum Gasteiger partial charge on any atom is -0.482 e. The average Bonchev–Trinajstić information content (AvgIpc) is 2.54. The Balaban J connectivity index is 2.05. The fourth-order valence-electron chi connectivity index (χ4n) is 3.04. The van der Waals surface area contributed by atoms with Crippen molar-refractivity contribution in [3.05, 3.63) is 28.2 Å². The molecule has 6 nitrogen and oxygen atoms in total. The van der Waals surface area contributed by atoms with Gasteiger partial charge in [0.15, 0.2) is 6.61 Å². The molecule has 2 atom stereocenters. The van der Waals surface area contributed by atoms with Gasteiger partial charge in [-0.2, -0.15) is 0 Å². The highest BCUT2D eigenvalue weighted by Gasteiger charge is 2.66. The molecule has 2 unspecified atom stereocenters. The number of benzene rings is 1. The molecule has 1 saturated carbocycles. The highest BCUT2D eigenvalue weighted by molar-refractivity contribution is 6.34. The molecule has 0 bridgehead atoms. The zero-order valence-electron chi connectivity index (χ0n) is 14.3. The first kappa shape index (κ1) is 19.8. The van der Waals surface area contributed by atoms with Crippen LogP contribution in [0.1, 0.15) is 27.2 Å². The van der Waals surface area contributed by atoms with Crippen molar-refractivity contribution in [3.63, 3.8) is 0 Å². The summed E-state index contributed by atoms with van der Waals surface area (Å²) in [5, 5.41) is 13.0. The second kappa shape index (κ2) is 7.40. The van der Waals surface area contributed by atoms with Gasteiger partial charge in [-0.15, -0.1) is 0 Å². The van der Waals surface area contributed by atoms with Crippen molar-refractivity contribution in [2.45, 2.75) is 38.8 Å². The number of nitrogens with one attached hydrogen (secondary N) is 1. The van der Waals surface area contributed by atoms with Gasteiger partial charge in [-0.05, 0) is 19.1 Å². The number of carbonyl (C=O) groups excluding carboxylic acids is 1. The summed E-state index contributed by atoms with van der Waals surface area (Å²) in [6.45, 7) is 5.48. The minimum atomic E-state index is -1.40. The molecule has 25 heavy (non-hydrogen) atoms. The van der Waals surface area contributed by atoms with Crippen molar-refractivity contribution in [1.29, 1.82) is 0 Å². The van der Waals surface area contributed by atoms with Gasteiger partial charge in [-0.25, -0.2) is 4.79 Å². The summed E-state index contributed by atoms with van der Waals surface area (Å²) in [5.74, 6) is -1.39. The summed E-state index contributed by atoms with van der Waals surface area (Å²) in [6, 6.07) is 4.64. The van der Waals surface area contributed by atoms with Crippen molar-refractivity contribution in [3.8, 4) is 5.75 Å². The predicted octanol–water partition coefficient (Wildman–Crippen LogP) is 3.15. The molecule has 8 heteroatoms. The van der Waals surface area contributed by atoms with Crippen LogP contribution in [0.2, 0.25) is 10.0 Å². The number of carboxylic acids is 1. The Hall–Kier alpha value is -1.50. The average molecular weight is 390 g/mol. The standard InChI is InChI=1S/C17H21Cl2NO5/c1-4-24-13-8-17(15(22)23,16(13,2)3)20-14(21)9-25-12-7-10(18)5-6-11(12)19/h5-7,13H,4,8-9H2,1-3H3,(H,20,21)(H,22,23). The van der Waals surface area contributed by atoms with Gasteiger partial charge in [0, 0.05) is 29.5 Å². The van der Waals surface area contributed by atoms with E-state index < -0.39 is 22.8 Å². The lowest BCUT2D eigenvalue weighted by Gasteiger charge is -2.58. The molecule has 1 fully saturated rings. The number of halogens is 2. The summed E-state index contributed by atoms with van der Waals surface area (Å²) in [7, 11) is 0. The van der Waals surface area contributed by atoms with Crippen LogP contribution in [0, 0.1) is 5.41 Å². The summed E-state index contributed by atoms with van der Waals surface area (Å²) >= 11 is 11.8. The smallest absolute Gasteiger partial charge is 0.330 e. The molecular weight excluding hydrogens is 369 g/mol. The monoisotopic (exact) mass is 389 g/mol. The van der Waals surface area contributed by atoms with E-state index in [1.807, 2.05) is 6.92 Å². The fraction of sp³-hybridized carbons (Fsp3) is 0.529. The lowest BCUT2D eigenvalue weighted by Crippen LogP contribution is -2.76. The van der Waals surface area contributed by atoms with Crippen LogP contribution in [0.4, 0.5) is 0 Å². The third-order valence-electron chi connectivity index (χ3n) is 4.73. The van der Waals surface area contributed by atoms with Gasteiger partial charge in [0.25, 0.3) is 5.91 Å². The number of hydrogen-bond donors (Lipinski definition) is 2. The zero-order valence-corrected chi connectivity index (χ0v) is 15.8. The maximum Gasteiger partial charge on any atom is 0.330 e. The summed E-state index contributed by atoms with van der Waals surface area (Å²) < 4.78 is 10.9. The first-order chi connectivity index (χ1) is 11.6. The van der Waals surface area contributed by atoms with Crippen LogP contribution < -0.4 is 10.1 Å². The molecule has 0 radical (unpaired) electrons. The second-order valence-electron chi connectivity index (χ2n) is 6.49. The Morgan fingerprint density at radius 1 is 1.36 bits per heavy atom.